The van der Waals surface area contributed by atoms with Crippen LogP contribution in [-0.2, 0) is 4.74 Å². The zero-order valence-corrected chi connectivity index (χ0v) is 13.5. The number of nitrogens with zero attached hydrogens (tertiary/aromatic N) is 1. The third kappa shape index (κ3) is 4.36. The molecule has 21 heavy (non-hydrogen) atoms. The van der Waals surface area contributed by atoms with E-state index in [0.29, 0.717) is 23.9 Å². The second-order valence-electron chi connectivity index (χ2n) is 5.01. The van der Waals surface area contributed by atoms with Crippen molar-refractivity contribution in [2.45, 2.75) is 32.7 Å². The number of benzene rings is 1. The Balaban J connectivity index is 3.18. The number of ether oxygens (including phenoxy) is 1. The van der Waals surface area contributed by atoms with Crippen molar-refractivity contribution in [2.24, 2.45) is 0 Å². The van der Waals surface area contributed by atoms with E-state index >= 15 is 0 Å². The first-order valence-corrected chi connectivity index (χ1v) is 7.46. The maximum atomic E-state index is 11.8. The number of nitrogen functional groups attached to an aromatic ring is 1. The number of carbonyl (C=O) groups is 1. The summed E-state index contributed by atoms with van der Waals surface area (Å²) in [5.74, 6) is -0.104. The van der Waals surface area contributed by atoms with Gasteiger partial charge >= 0.3 is 0 Å². The van der Waals surface area contributed by atoms with Crippen LogP contribution in [0.1, 0.15) is 37.0 Å². The van der Waals surface area contributed by atoms with Crippen molar-refractivity contribution in [3.63, 3.8) is 0 Å². The monoisotopic (exact) mass is 293 g/mol. The fourth-order valence-electron chi connectivity index (χ4n) is 2.50. The highest BCUT2D eigenvalue weighted by atomic mass is 16.5. The summed E-state index contributed by atoms with van der Waals surface area (Å²) < 4.78 is 5.21. The summed E-state index contributed by atoms with van der Waals surface area (Å²) in [5.41, 5.74) is 8.35. The van der Waals surface area contributed by atoms with Gasteiger partial charge in [0.05, 0.1) is 18.0 Å². The minimum absolute atomic E-state index is 0.104. The summed E-state index contributed by atoms with van der Waals surface area (Å²) in [4.78, 5) is 14.1. The molecule has 5 heteroatoms. The van der Waals surface area contributed by atoms with Crippen LogP contribution >= 0.6 is 0 Å². The Kier molecular flexibility index (Phi) is 7.02. The molecule has 118 valence electrons. The molecule has 1 amide bonds. The van der Waals surface area contributed by atoms with Gasteiger partial charge < -0.3 is 20.7 Å². The van der Waals surface area contributed by atoms with Crippen molar-refractivity contribution in [2.75, 3.05) is 37.9 Å². The van der Waals surface area contributed by atoms with Crippen molar-refractivity contribution in [3.05, 3.63) is 23.8 Å². The number of rotatable bonds is 8. The highest BCUT2D eigenvalue weighted by molar-refractivity contribution is 5.96. The number of amides is 1. The molecule has 0 unspecified atom stereocenters. The fraction of sp³-hybridized carbons (Fsp3) is 0.562. The van der Waals surface area contributed by atoms with Crippen molar-refractivity contribution in [1.29, 1.82) is 0 Å². The highest BCUT2D eigenvalue weighted by Crippen LogP contribution is 2.28. The summed E-state index contributed by atoms with van der Waals surface area (Å²) in [5, 5.41) is 2.64. The molecule has 1 aromatic carbocycles. The molecule has 0 aliphatic heterocycles. The molecule has 0 aromatic heterocycles. The average molecular weight is 293 g/mol. The summed E-state index contributed by atoms with van der Waals surface area (Å²) in [7, 11) is 3.32. The predicted octanol–water partition coefficient (Wildman–Crippen LogP) is 2.27. The summed E-state index contributed by atoms with van der Waals surface area (Å²) in [6.45, 7) is 5.70. The van der Waals surface area contributed by atoms with E-state index in [0.717, 1.165) is 25.1 Å². The Morgan fingerprint density at radius 1 is 1.38 bits per heavy atom. The second-order valence-corrected chi connectivity index (χ2v) is 5.01. The molecule has 0 atom stereocenters. The topological polar surface area (TPSA) is 67.6 Å². The molecule has 0 bridgehead atoms. The van der Waals surface area contributed by atoms with Crippen LogP contribution in [0, 0.1) is 0 Å². The minimum atomic E-state index is -0.104. The van der Waals surface area contributed by atoms with Gasteiger partial charge in [0, 0.05) is 32.3 Å². The van der Waals surface area contributed by atoms with Gasteiger partial charge in [0.2, 0.25) is 0 Å². The number of hydrogen-bond donors (Lipinski definition) is 2. The van der Waals surface area contributed by atoms with E-state index in [4.69, 9.17) is 10.5 Å². The van der Waals surface area contributed by atoms with Gasteiger partial charge in [-0.05, 0) is 31.0 Å². The Morgan fingerprint density at radius 2 is 2.05 bits per heavy atom. The molecule has 0 heterocycles. The van der Waals surface area contributed by atoms with Crippen LogP contribution in [0.3, 0.4) is 0 Å². The lowest BCUT2D eigenvalue weighted by atomic mass is 10.1. The SMILES string of the molecule is CCC(CC)N(CCOC)c1cc(C(=O)NC)ccc1N. The van der Waals surface area contributed by atoms with Crippen LogP contribution in [0.15, 0.2) is 18.2 Å². The number of anilines is 2. The summed E-state index contributed by atoms with van der Waals surface area (Å²) in [6.07, 6.45) is 2.04. The largest absolute Gasteiger partial charge is 0.397 e. The van der Waals surface area contributed by atoms with Gasteiger partial charge in [-0.3, -0.25) is 4.79 Å². The molecule has 5 nitrogen and oxygen atoms in total. The Hall–Kier alpha value is -1.75. The summed E-state index contributed by atoms with van der Waals surface area (Å²) in [6, 6.07) is 5.78. The molecule has 0 aliphatic rings. The number of nitrogens with two attached hydrogens (primary N) is 1. The van der Waals surface area contributed by atoms with Crippen LogP contribution < -0.4 is 16.0 Å². The number of nitrogens with one attached hydrogen (secondary N) is 1. The quantitative estimate of drug-likeness (QED) is 0.722. The van der Waals surface area contributed by atoms with E-state index in [1.54, 1.807) is 26.3 Å². The van der Waals surface area contributed by atoms with Crippen LogP contribution in [0.25, 0.3) is 0 Å². The van der Waals surface area contributed by atoms with Crippen molar-refractivity contribution < 1.29 is 9.53 Å². The lowest BCUT2D eigenvalue weighted by Crippen LogP contribution is -2.37. The molecular formula is C16H27N3O2. The van der Waals surface area contributed by atoms with E-state index < -0.39 is 0 Å². The van der Waals surface area contributed by atoms with Gasteiger partial charge in [-0.2, -0.15) is 0 Å². The normalized spacial score (nSPS) is 10.7. The number of carbonyl (C=O) groups excluding carboxylic acids is 1. The number of hydrogen-bond acceptors (Lipinski definition) is 4. The molecule has 1 aromatic rings. The van der Waals surface area contributed by atoms with Gasteiger partial charge in [0.1, 0.15) is 0 Å². The van der Waals surface area contributed by atoms with Crippen LogP contribution in [-0.4, -0.2) is 39.3 Å². The standard InChI is InChI=1S/C16H27N3O2/c1-5-13(6-2)19(9-10-21-4)15-11-12(16(20)18-3)7-8-14(15)17/h7-8,11,13H,5-6,9-10,17H2,1-4H3,(H,18,20). The van der Waals surface area contributed by atoms with Crippen LogP contribution in [0.2, 0.25) is 0 Å². The van der Waals surface area contributed by atoms with Crippen molar-refractivity contribution in [1.82, 2.24) is 5.32 Å². The fourth-order valence-corrected chi connectivity index (χ4v) is 2.50. The van der Waals surface area contributed by atoms with E-state index in [1.807, 2.05) is 6.07 Å². The maximum Gasteiger partial charge on any atom is 0.251 e. The molecule has 0 spiro atoms. The van der Waals surface area contributed by atoms with E-state index in [9.17, 15) is 4.79 Å². The molecule has 0 radical (unpaired) electrons. The van der Waals surface area contributed by atoms with Gasteiger partial charge in [-0.15, -0.1) is 0 Å². The highest BCUT2D eigenvalue weighted by Gasteiger charge is 2.19. The smallest absolute Gasteiger partial charge is 0.251 e. The molecule has 0 saturated heterocycles. The molecule has 0 saturated carbocycles. The van der Waals surface area contributed by atoms with Gasteiger partial charge in [-0.1, -0.05) is 13.8 Å². The number of methoxy groups -OCH3 is 1. The van der Waals surface area contributed by atoms with Gasteiger partial charge in [-0.25, -0.2) is 0 Å². The molecule has 3 N–H and O–H groups in total. The van der Waals surface area contributed by atoms with Crippen molar-refractivity contribution >= 4 is 17.3 Å². The molecule has 1 rings (SSSR count). The Morgan fingerprint density at radius 3 is 2.57 bits per heavy atom. The maximum absolute atomic E-state index is 11.8. The first-order chi connectivity index (χ1) is 10.1. The van der Waals surface area contributed by atoms with Crippen LogP contribution in [0.5, 0.6) is 0 Å². The van der Waals surface area contributed by atoms with E-state index in [1.165, 1.54) is 0 Å². The average Bonchev–Trinajstić information content (AvgIpc) is 2.51. The minimum Gasteiger partial charge on any atom is -0.397 e. The lowest BCUT2D eigenvalue weighted by molar-refractivity contribution is 0.0963. The first-order valence-electron chi connectivity index (χ1n) is 7.46. The molecular weight excluding hydrogens is 266 g/mol. The predicted molar refractivity (Wildman–Crippen MR) is 87.8 cm³/mol. The second kappa shape index (κ2) is 8.52. The Bertz CT molecular complexity index is 459. The molecule has 0 fully saturated rings. The third-order valence-corrected chi connectivity index (χ3v) is 3.75. The Labute approximate surface area is 127 Å². The summed E-state index contributed by atoms with van der Waals surface area (Å²) >= 11 is 0. The van der Waals surface area contributed by atoms with Crippen LogP contribution in [0.4, 0.5) is 11.4 Å². The lowest BCUT2D eigenvalue weighted by Gasteiger charge is -2.33. The zero-order valence-electron chi connectivity index (χ0n) is 13.5. The zero-order chi connectivity index (χ0) is 15.8. The first kappa shape index (κ1) is 17.3. The van der Waals surface area contributed by atoms with Gasteiger partial charge in [0.25, 0.3) is 5.91 Å². The molecule has 0 aliphatic carbocycles. The van der Waals surface area contributed by atoms with Crippen molar-refractivity contribution in [3.8, 4) is 0 Å². The van der Waals surface area contributed by atoms with E-state index in [2.05, 4.69) is 24.1 Å². The third-order valence-electron chi connectivity index (χ3n) is 3.75. The van der Waals surface area contributed by atoms with E-state index in [-0.39, 0.29) is 5.91 Å². The van der Waals surface area contributed by atoms with Gasteiger partial charge in [0.15, 0.2) is 0 Å².